The van der Waals surface area contributed by atoms with Crippen molar-refractivity contribution >= 4 is 27.7 Å². The molecule has 1 aromatic heterocycles. The zero-order valence-corrected chi connectivity index (χ0v) is 7.89. The molecule has 1 N–H and O–H groups in total. The molecule has 0 atom stereocenters. The summed E-state index contributed by atoms with van der Waals surface area (Å²) in [6.45, 7) is 1.89. The predicted octanol–water partition coefficient (Wildman–Crippen LogP) is 2.73. The van der Waals surface area contributed by atoms with Crippen LogP contribution >= 0.6 is 11.3 Å². The average molecular weight is 192 g/mol. The topological polar surface area (TPSA) is 37.3 Å². The predicted molar refractivity (Wildman–Crippen MR) is 53.6 cm³/mol. The molecule has 66 valence electrons. The van der Waals surface area contributed by atoms with Gasteiger partial charge in [-0.25, -0.2) is 0 Å². The molecule has 0 fully saturated rings. The molecule has 2 rings (SSSR count). The van der Waals surface area contributed by atoms with Crippen molar-refractivity contribution in [2.45, 2.75) is 6.92 Å². The maximum atomic E-state index is 10.6. The molecule has 0 saturated heterocycles. The smallest absolute Gasteiger partial charge is 0.150 e. The molecule has 0 amide bonds. The standard InChI is InChI=1S/C10H8O2S/c1-6-7(5-11)4-9(12)8-2-3-13-10(6)8/h2-5,12H,1H3. The van der Waals surface area contributed by atoms with Gasteiger partial charge in [0.05, 0.1) is 0 Å². The summed E-state index contributed by atoms with van der Waals surface area (Å²) in [6.07, 6.45) is 0.772. The highest BCUT2D eigenvalue weighted by Crippen LogP contribution is 2.33. The van der Waals surface area contributed by atoms with Crippen LogP contribution in [0.2, 0.25) is 0 Å². The van der Waals surface area contributed by atoms with E-state index in [1.807, 2.05) is 18.4 Å². The van der Waals surface area contributed by atoms with Gasteiger partial charge in [0, 0.05) is 15.6 Å². The van der Waals surface area contributed by atoms with Gasteiger partial charge in [0.1, 0.15) is 5.75 Å². The van der Waals surface area contributed by atoms with Gasteiger partial charge < -0.3 is 5.11 Å². The number of phenolic OH excluding ortho intramolecular Hbond substituents is 1. The fourth-order valence-electron chi connectivity index (χ4n) is 1.39. The first-order valence-electron chi connectivity index (χ1n) is 3.89. The number of thiophene rings is 1. The van der Waals surface area contributed by atoms with Crippen LogP contribution in [0.4, 0.5) is 0 Å². The number of aryl methyl sites for hydroxylation is 1. The number of hydrogen-bond donors (Lipinski definition) is 1. The van der Waals surface area contributed by atoms with Gasteiger partial charge in [0.2, 0.25) is 0 Å². The van der Waals surface area contributed by atoms with E-state index in [4.69, 9.17) is 0 Å². The van der Waals surface area contributed by atoms with Crippen molar-refractivity contribution in [3.05, 3.63) is 28.6 Å². The summed E-state index contributed by atoms with van der Waals surface area (Å²) in [6, 6.07) is 3.37. The Morgan fingerprint density at radius 3 is 3.00 bits per heavy atom. The first-order chi connectivity index (χ1) is 6.24. The van der Waals surface area contributed by atoms with E-state index in [1.165, 1.54) is 17.4 Å². The number of aldehydes is 1. The summed E-state index contributed by atoms with van der Waals surface area (Å²) in [4.78, 5) is 10.6. The van der Waals surface area contributed by atoms with E-state index in [0.717, 1.165) is 21.9 Å². The Hall–Kier alpha value is -1.35. The highest BCUT2D eigenvalue weighted by Gasteiger charge is 2.08. The number of carbonyl (C=O) groups is 1. The van der Waals surface area contributed by atoms with Gasteiger partial charge in [-0.2, -0.15) is 0 Å². The molecular formula is C10H8O2S. The van der Waals surface area contributed by atoms with Crippen molar-refractivity contribution in [1.82, 2.24) is 0 Å². The maximum absolute atomic E-state index is 10.6. The Balaban J connectivity index is 2.93. The van der Waals surface area contributed by atoms with E-state index in [-0.39, 0.29) is 5.75 Å². The Morgan fingerprint density at radius 1 is 1.54 bits per heavy atom. The number of aromatic hydroxyl groups is 1. The van der Waals surface area contributed by atoms with E-state index in [9.17, 15) is 9.90 Å². The Bertz CT molecular complexity index is 471. The van der Waals surface area contributed by atoms with E-state index in [1.54, 1.807) is 0 Å². The van der Waals surface area contributed by atoms with Gasteiger partial charge in [-0.3, -0.25) is 4.79 Å². The van der Waals surface area contributed by atoms with Gasteiger partial charge in [-0.1, -0.05) is 0 Å². The third-order valence-electron chi connectivity index (χ3n) is 2.13. The second kappa shape index (κ2) is 2.85. The molecule has 0 aliphatic rings. The number of carbonyl (C=O) groups excluding carboxylic acids is 1. The SMILES string of the molecule is Cc1c(C=O)cc(O)c2ccsc12. The number of benzene rings is 1. The van der Waals surface area contributed by atoms with E-state index in [0.29, 0.717) is 5.56 Å². The highest BCUT2D eigenvalue weighted by molar-refractivity contribution is 7.17. The minimum atomic E-state index is 0.184. The third-order valence-corrected chi connectivity index (χ3v) is 3.17. The minimum Gasteiger partial charge on any atom is -0.507 e. The van der Waals surface area contributed by atoms with Crippen molar-refractivity contribution in [3.8, 4) is 5.75 Å². The second-order valence-corrected chi connectivity index (χ2v) is 3.81. The van der Waals surface area contributed by atoms with Gasteiger partial charge >= 0.3 is 0 Å². The van der Waals surface area contributed by atoms with E-state index >= 15 is 0 Å². The minimum absolute atomic E-state index is 0.184. The highest BCUT2D eigenvalue weighted by atomic mass is 32.1. The van der Waals surface area contributed by atoms with Gasteiger partial charge in [-0.15, -0.1) is 11.3 Å². The normalized spacial score (nSPS) is 10.5. The van der Waals surface area contributed by atoms with E-state index in [2.05, 4.69) is 0 Å². The lowest BCUT2D eigenvalue weighted by atomic mass is 10.1. The molecule has 0 bridgehead atoms. The lowest BCUT2D eigenvalue weighted by Crippen LogP contribution is -1.85. The number of hydrogen-bond acceptors (Lipinski definition) is 3. The summed E-state index contributed by atoms with van der Waals surface area (Å²) in [5, 5.41) is 12.3. The van der Waals surface area contributed by atoms with Gasteiger partial charge in [0.15, 0.2) is 6.29 Å². The molecule has 0 aliphatic heterocycles. The van der Waals surface area contributed by atoms with Crippen LogP contribution in [0.25, 0.3) is 10.1 Å². The summed E-state index contributed by atoms with van der Waals surface area (Å²) in [7, 11) is 0. The quantitative estimate of drug-likeness (QED) is 0.705. The van der Waals surface area contributed by atoms with Crippen LogP contribution in [0, 0.1) is 6.92 Å². The van der Waals surface area contributed by atoms with E-state index < -0.39 is 0 Å². The Morgan fingerprint density at radius 2 is 2.31 bits per heavy atom. The lowest BCUT2D eigenvalue weighted by molar-refractivity contribution is 0.112. The molecule has 2 aromatic rings. The molecule has 1 aromatic carbocycles. The summed E-state index contributed by atoms with van der Waals surface area (Å²) in [5.41, 5.74) is 1.50. The fourth-order valence-corrected chi connectivity index (χ4v) is 2.32. The van der Waals surface area contributed by atoms with Crippen LogP contribution in [0.15, 0.2) is 17.5 Å². The molecule has 2 nitrogen and oxygen atoms in total. The summed E-state index contributed by atoms with van der Waals surface area (Å²) in [5.74, 6) is 0.184. The molecule has 1 heterocycles. The molecule has 0 aliphatic carbocycles. The van der Waals surface area contributed by atoms with Crippen molar-refractivity contribution in [2.75, 3.05) is 0 Å². The first kappa shape index (κ1) is 8.26. The Labute approximate surface area is 79.4 Å². The lowest BCUT2D eigenvalue weighted by Gasteiger charge is -2.01. The van der Waals surface area contributed by atoms with Crippen molar-refractivity contribution < 1.29 is 9.90 Å². The third kappa shape index (κ3) is 1.12. The molecular weight excluding hydrogens is 184 g/mol. The molecule has 13 heavy (non-hydrogen) atoms. The van der Waals surface area contributed by atoms with Crippen molar-refractivity contribution in [3.63, 3.8) is 0 Å². The number of rotatable bonds is 1. The maximum Gasteiger partial charge on any atom is 0.150 e. The van der Waals surface area contributed by atoms with Crippen LogP contribution in [-0.2, 0) is 0 Å². The molecule has 3 heteroatoms. The van der Waals surface area contributed by atoms with Crippen LogP contribution in [0.1, 0.15) is 15.9 Å². The number of fused-ring (bicyclic) bond motifs is 1. The van der Waals surface area contributed by atoms with Crippen molar-refractivity contribution in [2.24, 2.45) is 0 Å². The average Bonchev–Trinajstić information content (AvgIpc) is 2.60. The fraction of sp³-hybridized carbons (Fsp3) is 0.100. The first-order valence-corrected chi connectivity index (χ1v) is 4.77. The van der Waals surface area contributed by atoms with Crippen LogP contribution in [0.5, 0.6) is 5.75 Å². The molecule has 0 unspecified atom stereocenters. The monoisotopic (exact) mass is 192 g/mol. The molecule has 0 saturated carbocycles. The second-order valence-electron chi connectivity index (χ2n) is 2.89. The zero-order chi connectivity index (χ0) is 9.42. The Kier molecular flexibility index (Phi) is 1.81. The zero-order valence-electron chi connectivity index (χ0n) is 7.07. The summed E-state index contributed by atoms with van der Waals surface area (Å²) >= 11 is 1.54. The number of phenols is 1. The van der Waals surface area contributed by atoms with Crippen LogP contribution in [-0.4, -0.2) is 11.4 Å². The van der Waals surface area contributed by atoms with Gasteiger partial charge in [0.25, 0.3) is 0 Å². The van der Waals surface area contributed by atoms with Gasteiger partial charge in [-0.05, 0) is 30.0 Å². The van der Waals surface area contributed by atoms with Crippen LogP contribution in [0.3, 0.4) is 0 Å². The summed E-state index contributed by atoms with van der Waals surface area (Å²) < 4.78 is 0.988. The largest absolute Gasteiger partial charge is 0.507 e. The van der Waals surface area contributed by atoms with Crippen molar-refractivity contribution in [1.29, 1.82) is 0 Å². The molecule has 0 radical (unpaired) electrons. The molecule has 0 spiro atoms. The van der Waals surface area contributed by atoms with Crippen LogP contribution < -0.4 is 0 Å².